The van der Waals surface area contributed by atoms with Crippen LogP contribution in [0.3, 0.4) is 0 Å². The molecule has 0 heterocycles. The molecular weight excluding hydrogens is 224 g/mol. The minimum atomic E-state index is -0.368. The second kappa shape index (κ2) is 5.53. The van der Waals surface area contributed by atoms with Gasteiger partial charge < -0.3 is 11.1 Å². The van der Waals surface area contributed by atoms with Gasteiger partial charge in [0.2, 0.25) is 0 Å². The van der Waals surface area contributed by atoms with E-state index in [0.717, 1.165) is 16.7 Å². The Balaban J connectivity index is 2.99. The monoisotopic (exact) mass is 248 g/mol. The Kier molecular flexibility index (Phi) is 4.52. The maximum Gasteiger partial charge on any atom is 0.252 e. The number of amides is 1. The second-order valence-electron chi connectivity index (χ2n) is 5.48. The molecule has 1 rings (SSSR count). The summed E-state index contributed by atoms with van der Waals surface area (Å²) in [7, 11) is 0. The molecule has 0 aliphatic rings. The summed E-state index contributed by atoms with van der Waals surface area (Å²) in [4.78, 5) is 12.3. The summed E-state index contributed by atoms with van der Waals surface area (Å²) in [6.45, 7) is 10.5. The first kappa shape index (κ1) is 14.7. The SMILES string of the molecule is Cc1cccc(C(=O)NC(C)(CN)C(C)C)c1C. The number of nitrogens with one attached hydrogen (secondary N) is 1. The number of carbonyl (C=O) groups is 1. The predicted octanol–water partition coefficient (Wildman–Crippen LogP) is 2.41. The van der Waals surface area contributed by atoms with Crippen molar-refractivity contribution in [2.45, 2.75) is 40.2 Å². The highest BCUT2D eigenvalue weighted by Crippen LogP contribution is 2.18. The fourth-order valence-electron chi connectivity index (χ4n) is 1.75. The highest BCUT2D eigenvalue weighted by Gasteiger charge is 2.29. The number of carbonyl (C=O) groups excluding carboxylic acids is 1. The van der Waals surface area contributed by atoms with E-state index in [4.69, 9.17) is 5.73 Å². The summed E-state index contributed by atoms with van der Waals surface area (Å²) in [6.07, 6.45) is 0. The molecule has 0 aromatic heterocycles. The molecular formula is C15H24N2O. The zero-order valence-electron chi connectivity index (χ0n) is 12.0. The number of hydrogen-bond acceptors (Lipinski definition) is 2. The van der Waals surface area contributed by atoms with E-state index < -0.39 is 0 Å². The van der Waals surface area contributed by atoms with Crippen molar-refractivity contribution in [1.29, 1.82) is 0 Å². The van der Waals surface area contributed by atoms with E-state index in [-0.39, 0.29) is 17.4 Å². The summed E-state index contributed by atoms with van der Waals surface area (Å²) >= 11 is 0. The van der Waals surface area contributed by atoms with Crippen LogP contribution in [0.2, 0.25) is 0 Å². The topological polar surface area (TPSA) is 55.1 Å². The Morgan fingerprint density at radius 1 is 1.39 bits per heavy atom. The van der Waals surface area contributed by atoms with E-state index in [1.165, 1.54) is 0 Å². The average molecular weight is 248 g/mol. The molecule has 0 radical (unpaired) electrons. The molecule has 0 aliphatic heterocycles. The van der Waals surface area contributed by atoms with Gasteiger partial charge in [-0.2, -0.15) is 0 Å². The van der Waals surface area contributed by atoms with E-state index in [9.17, 15) is 4.79 Å². The van der Waals surface area contributed by atoms with Gasteiger partial charge in [-0.3, -0.25) is 4.79 Å². The number of rotatable bonds is 4. The zero-order valence-corrected chi connectivity index (χ0v) is 12.0. The van der Waals surface area contributed by atoms with Crippen molar-refractivity contribution < 1.29 is 4.79 Å². The number of aryl methyl sites for hydroxylation is 1. The lowest BCUT2D eigenvalue weighted by Gasteiger charge is -2.33. The van der Waals surface area contributed by atoms with Crippen molar-refractivity contribution in [3.05, 3.63) is 34.9 Å². The van der Waals surface area contributed by atoms with Gasteiger partial charge in [0.05, 0.1) is 5.54 Å². The average Bonchev–Trinajstić information content (AvgIpc) is 2.32. The first-order chi connectivity index (χ1) is 8.31. The van der Waals surface area contributed by atoms with Gasteiger partial charge in [-0.1, -0.05) is 26.0 Å². The molecule has 3 N–H and O–H groups in total. The molecule has 0 bridgehead atoms. The van der Waals surface area contributed by atoms with Gasteiger partial charge in [-0.25, -0.2) is 0 Å². The van der Waals surface area contributed by atoms with Crippen molar-refractivity contribution >= 4 is 5.91 Å². The molecule has 3 heteroatoms. The lowest BCUT2D eigenvalue weighted by Crippen LogP contribution is -2.55. The Bertz CT molecular complexity index is 440. The van der Waals surface area contributed by atoms with Gasteiger partial charge in [-0.05, 0) is 43.9 Å². The van der Waals surface area contributed by atoms with Gasteiger partial charge >= 0.3 is 0 Å². The summed E-state index contributed by atoms with van der Waals surface area (Å²) in [5.41, 5.74) is 8.30. The second-order valence-corrected chi connectivity index (χ2v) is 5.48. The third-order valence-electron chi connectivity index (χ3n) is 3.95. The van der Waals surface area contributed by atoms with Crippen LogP contribution in [0.25, 0.3) is 0 Å². The number of benzene rings is 1. The van der Waals surface area contributed by atoms with Crippen LogP contribution >= 0.6 is 0 Å². The zero-order chi connectivity index (χ0) is 13.9. The van der Waals surface area contributed by atoms with Gasteiger partial charge in [0.25, 0.3) is 5.91 Å². The van der Waals surface area contributed by atoms with E-state index >= 15 is 0 Å². The molecule has 1 atom stereocenters. The maximum absolute atomic E-state index is 12.3. The fraction of sp³-hybridized carbons (Fsp3) is 0.533. The highest BCUT2D eigenvalue weighted by molar-refractivity contribution is 5.96. The molecule has 3 nitrogen and oxygen atoms in total. The Morgan fingerprint density at radius 2 is 2.00 bits per heavy atom. The lowest BCUT2D eigenvalue weighted by molar-refractivity contribution is 0.0882. The summed E-state index contributed by atoms with van der Waals surface area (Å²) in [5.74, 6) is 0.245. The van der Waals surface area contributed by atoms with Crippen LogP contribution in [-0.4, -0.2) is 18.0 Å². The van der Waals surface area contributed by atoms with Crippen LogP contribution in [0, 0.1) is 19.8 Å². The molecule has 0 spiro atoms. The number of hydrogen-bond donors (Lipinski definition) is 2. The van der Waals surface area contributed by atoms with Crippen LogP contribution in [0.5, 0.6) is 0 Å². The number of nitrogens with two attached hydrogens (primary N) is 1. The predicted molar refractivity (Wildman–Crippen MR) is 75.7 cm³/mol. The first-order valence-corrected chi connectivity index (χ1v) is 6.40. The molecule has 1 aromatic rings. The fourth-order valence-corrected chi connectivity index (χ4v) is 1.75. The summed E-state index contributed by atoms with van der Waals surface area (Å²) in [6, 6.07) is 5.78. The van der Waals surface area contributed by atoms with Crippen LogP contribution in [0.4, 0.5) is 0 Å². The van der Waals surface area contributed by atoms with Crippen molar-refractivity contribution in [3.63, 3.8) is 0 Å². The third-order valence-corrected chi connectivity index (χ3v) is 3.95. The molecule has 0 aliphatic carbocycles. The van der Waals surface area contributed by atoms with E-state index in [0.29, 0.717) is 6.54 Å². The smallest absolute Gasteiger partial charge is 0.252 e. The first-order valence-electron chi connectivity index (χ1n) is 6.40. The van der Waals surface area contributed by atoms with Crippen LogP contribution in [-0.2, 0) is 0 Å². The highest BCUT2D eigenvalue weighted by atomic mass is 16.1. The molecule has 1 unspecified atom stereocenters. The normalized spacial score (nSPS) is 14.4. The molecule has 0 saturated heterocycles. The molecule has 1 amide bonds. The minimum Gasteiger partial charge on any atom is -0.345 e. The Morgan fingerprint density at radius 3 is 2.50 bits per heavy atom. The minimum absolute atomic E-state index is 0.0437. The largest absolute Gasteiger partial charge is 0.345 e. The van der Waals surface area contributed by atoms with Crippen molar-refractivity contribution in [1.82, 2.24) is 5.32 Å². The van der Waals surface area contributed by atoms with Gasteiger partial charge in [0.15, 0.2) is 0 Å². The third kappa shape index (κ3) is 2.91. The van der Waals surface area contributed by atoms with E-state index in [1.807, 2.05) is 39.0 Å². The van der Waals surface area contributed by atoms with Crippen molar-refractivity contribution in [2.24, 2.45) is 11.7 Å². The molecule has 0 fully saturated rings. The summed E-state index contributed by atoms with van der Waals surface area (Å²) < 4.78 is 0. The maximum atomic E-state index is 12.3. The van der Waals surface area contributed by atoms with Crippen LogP contribution < -0.4 is 11.1 Å². The molecule has 1 aromatic carbocycles. The van der Waals surface area contributed by atoms with Crippen LogP contribution in [0.15, 0.2) is 18.2 Å². The lowest BCUT2D eigenvalue weighted by atomic mass is 9.88. The molecule has 100 valence electrons. The van der Waals surface area contributed by atoms with E-state index in [1.54, 1.807) is 0 Å². The van der Waals surface area contributed by atoms with Crippen molar-refractivity contribution in [3.8, 4) is 0 Å². The van der Waals surface area contributed by atoms with Gasteiger partial charge in [0.1, 0.15) is 0 Å². The Labute approximate surface area is 110 Å². The summed E-state index contributed by atoms with van der Waals surface area (Å²) in [5, 5.41) is 3.06. The van der Waals surface area contributed by atoms with Crippen molar-refractivity contribution in [2.75, 3.05) is 6.54 Å². The van der Waals surface area contributed by atoms with E-state index in [2.05, 4.69) is 19.2 Å². The molecule has 18 heavy (non-hydrogen) atoms. The van der Waals surface area contributed by atoms with Gasteiger partial charge in [0, 0.05) is 12.1 Å². The molecule has 0 saturated carbocycles. The van der Waals surface area contributed by atoms with Crippen LogP contribution in [0.1, 0.15) is 42.3 Å². The van der Waals surface area contributed by atoms with Gasteiger partial charge in [-0.15, -0.1) is 0 Å². The Hall–Kier alpha value is -1.35. The quantitative estimate of drug-likeness (QED) is 0.859. The standard InChI is InChI=1S/C15H24N2O/c1-10(2)15(5,9-16)17-14(18)13-8-6-7-11(3)12(13)4/h6-8,10H,9,16H2,1-5H3,(H,17,18).